The Labute approximate surface area is 139 Å². The lowest BCUT2D eigenvalue weighted by atomic mass is 9.98. The van der Waals surface area contributed by atoms with Crippen molar-refractivity contribution in [3.63, 3.8) is 0 Å². The minimum absolute atomic E-state index is 0.0211. The van der Waals surface area contributed by atoms with Crippen LogP contribution >= 0.6 is 11.8 Å². The molecule has 1 aliphatic heterocycles. The topological polar surface area (TPSA) is 156 Å². The number of hydrogen-bond donors (Lipinski definition) is 4. The van der Waals surface area contributed by atoms with Crippen molar-refractivity contribution in [1.29, 1.82) is 0 Å². The highest BCUT2D eigenvalue weighted by molar-refractivity contribution is 7.98. The highest BCUT2D eigenvalue weighted by Crippen LogP contribution is 2.29. The minimum atomic E-state index is -1.56. The van der Waals surface area contributed by atoms with Gasteiger partial charge in [0.2, 0.25) is 0 Å². The second-order valence-corrected chi connectivity index (χ2v) is 6.16. The van der Waals surface area contributed by atoms with Crippen molar-refractivity contribution < 1.29 is 25.2 Å². The Morgan fingerprint density at radius 1 is 1.25 bits per heavy atom. The van der Waals surface area contributed by atoms with Gasteiger partial charge in [-0.25, -0.2) is 4.98 Å². The molecule has 2 aromatic rings. The number of aliphatic hydroxyl groups excluding tert-OH is 4. The van der Waals surface area contributed by atoms with E-state index in [1.54, 1.807) is 13.3 Å². The average molecular weight is 359 g/mol. The van der Waals surface area contributed by atoms with Crippen molar-refractivity contribution in [2.45, 2.75) is 35.8 Å². The number of aliphatic hydroxyl groups is 4. The number of thioether (sulfide) groups is 1. The number of nitrogens with zero attached hydrogens (tertiary/aromatic N) is 5. The monoisotopic (exact) mass is 359 g/mol. The molecule has 0 spiro atoms. The first-order valence-corrected chi connectivity index (χ1v) is 8.29. The van der Waals surface area contributed by atoms with Gasteiger partial charge in [0.05, 0.1) is 6.61 Å². The SMILES string of the molecule is CSc1nc2c(nnn2[C@H]2O[C@@H](CO)[C@@H](O)[C@@H](O)[C@H]2O)c(=O)n1C. The zero-order valence-corrected chi connectivity index (χ0v) is 13.7. The first kappa shape index (κ1) is 17.3. The number of fused-ring (bicyclic) bond motifs is 1. The Morgan fingerprint density at radius 2 is 1.96 bits per heavy atom. The van der Waals surface area contributed by atoms with E-state index in [0.717, 1.165) is 4.68 Å². The molecule has 0 bridgehead atoms. The summed E-state index contributed by atoms with van der Waals surface area (Å²) in [6.07, 6.45) is -5.21. The third-order valence-electron chi connectivity index (χ3n) is 3.96. The molecule has 0 saturated carbocycles. The van der Waals surface area contributed by atoms with Crippen LogP contribution < -0.4 is 5.56 Å². The number of rotatable bonds is 3. The molecule has 0 radical (unpaired) electrons. The molecule has 0 unspecified atom stereocenters. The molecule has 0 aromatic carbocycles. The third kappa shape index (κ3) is 2.51. The molecule has 3 heterocycles. The van der Waals surface area contributed by atoms with Crippen LogP contribution in [-0.4, -0.2) is 82.2 Å². The van der Waals surface area contributed by atoms with E-state index in [-0.39, 0.29) is 11.2 Å². The van der Waals surface area contributed by atoms with Crippen LogP contribution in [0.5, 0.6) is 0 Å². The molecule has 24 heavy (non-hydrogen) atoms. The van der Waals surface area contributed by atoms with Crippen molar-refractivity contribution >= 4 is 22.9 Å². The van der Waals surface area contributed by atoms with Crippen LogP contribution in [0.3, 0.4) is 0 Å². The van der Waals surface area contributed by atoms with Gasteiger partial charge >= 0.3 is 0 Å². The van der Waals surface area contributed by atoms with Crippen molar-refractivity contribution in [1.82, 2.24) is 24.5 Å². The fourth-order valence-electron chi connectivity index (χ4n) is 2.58. The Morgan fingerprint density at radius 3 is 2.58 bits per heavy atom. The van der Waals surface area contributed by atoms with Gasteiger partial charge in [-0.15, -0.1) is 5.10 Å². The maximum atomic E-state index is 12.3. The molecule has 2 aromatic heterocycles. The predicted molar refractivity (Wildman–Crippen MR) is 81.4 cm³/mol. The number of aromatic nitrogens is 5. The summed E-state index contributed by atoms with van der Waals surface area (Å²) in [6.45, 7) is -0.570. The lowest BCUT2D eigenvalue weighted by Crippen LogP contribution is -2.56. The van der Waals surface area contributed by atoms with Crippen LogP contribution in [-0.2, 0) is 11.8 Å². The van der Waals surface area contributed by atoms with Gasteiger partial charge in [0, 0.05) is 7.05 Å². The quantitative estimate of drug-likeness (QED) is 0.334. The van der Waals surface area contributed by atoms with Gasteiger partial charge in [-0.2, -0.15) is 4.68 Å². The smallest absolute Gasteiger partial charge is 0.284 e. The molecule has 4 N–H and O–H groups in total. The van der Waals surface area contributed by atoms with Gasteiger partial charge in [0.1, 0.15) is 24.4 Å². The molecule has 5 atom stereocenters. The molecule has 0 amide bonds. The largest absolute Gasteiger partial charge is 0.394 e. The summed E-state index contributed by atoms with van der Waals surface area (Å²) < 4.78 is 7.81. The van der Waals surface area contributed by atoms with Crippen molar-refractivity contribution in [3.05, 3.63) is 10.4 Å². The van der Waals surface area contributed by atoms with E-state index in [9.17, 15) is 25.2 Å². The van der Waals surface area contributed by atoms with Crippen LogP contribution in [0.15, 0.2) is 9.95 Å². The maximum Gasteiger partial charge on any atom is 0.284 e. The fraction of sp³-hybridized carbons (Fsp3) is 0.667. The van der Waals surface area contributed by atoms with Gasteiger partial charge in [0.25, 0.3) is 5.56 Å². The highest BCUT2D eigenvalue weighted by Gasteiger charge is 2.45. The molecule has 0 aliphatic carbocycles. The molecule has 11 nitrogen and oxygen atoms in total. The second kappa shape index (κ2) is 6.38. The molecule has 1 saturated heterocycles. The van der Waals surface area contributed by atoms with Gasteiger partial charge in [-0.3, -0.25) is 9.36 Å². The Bertz CT molecular complexity index is 807. The zero-order chi connectivity index (χ0) is 17.6. The van der Waals surface area contributed by atoms with Gasteiger partial charge in [0.15, 0.2) is 22.5 Å². The molecular formula is C12H17N5O6S. The molecular weight excluding hydrogens is 342 g/mol. The Kier molecular flexibility index (Phi) is 4.59. The summed E-state index contributed by atoms with van der Waals surface area (Å²) in [5.41, 5.74) is -0.362. The van der Waals surface area contributed by atoms with Crippen molar-refractivity contribution in [3.8, 4) is 0 Å². The summed E-state index contributed by atoms with van der Waals surface area (Å²) in [7, 11) is 1.55. The first-order valence-electron chi connectivity index (χ1n) is 7.07. The van der Waals surface area contributed by atoms with Crippen molar-refractivity contribution in [2.75, 3.05) is 12.9 Å². The fourth-order valence-corrected chi connectivity index (χ4v) is 3.11. The van der Waals surface area contributed by atoms with E-state index in [4.69, 9.17) is 4.74 Å². The van der Waals surface area contributed by atoms with Crippen LogP contribution in [0.25, 0.3) is 11.2 Å². The standard InChI is InChI=1S/C12H17N5O6S/c1-16-10(22)5-9(13-12(16)24-2)17(15-14-5)11-8(21)7(20)6(19)4(3-18)23-11/h4,6-8,11,18-21H,3H2,1-2H3/t4-,6+,7+,8+,11-/m0/s1. The Hall–Kier alpha value is -1.57. The number of hydrogen-bond acceptors (Lipinski definition) is 10. The lowest BCUT2D eigenvalue weighted by Gasteiger charge is -2.39. The van der Waals surface area contributed by atoms with Gasteiger partial charge in [-0.05, 0) is 6.26 Å². The van der Waals surface area contributed by atoms with Gasteiger partial charge < -0.3 is 25.2 Å². The van der Waals surface area contributed by atoms with E-state index >= 15 is 0 Å². The predicted octanol–water partition coefficient (Wildman–Crippen LogP) is -2.78. The Balaban J connectivity index is 2.12. The molecule has 12 heteroatoms. The summed E-state index contributed by atoms with van der Waals surface area (Å²) in [5, 5.41) is 47.1. The normalized spacial score (nSPS) is 30.8. The summed E-state index contributed by atoms with van der Waals surface area (Å²) in [5.74, 6) is 0. The van der Waals surface area contributed by atoms with E-state index in [2.05, 4.69) is 15.3 Å². The van der Waals surface area contributed by atoms with Crippen LogP contribution in [0.2, 0.25) is 0 Å². The van der Waals surface area contributed by atoms with E-state index in [1.165, 1.54) is 16.3 Å². The molecule has 132 valence electrons. The zero-order valence-electron chi connectivity index (χ0n) is 12.8. The van der Waals surface area contributed by atoms with Crippen LogP contribution in [0.1, 0.15) is 6.23 Å². The van der Waals surface area contributed by atoms with Crippen LogP contribution in [0.4, 0.5) is 0 Å². The molecule has 3 rings (SSSR count). The van der Waals surface area contributed by atoms with E-state index < -0.39 is 42.8 Å². The molecule has 1 aliphatic rings. The summed E-state index contributed by atoms with van der Waals surface area (Å²) >= 11 is 1.24. The summed E-state index contributed by atoms with van der Waals surface area (Å²) in [6, 6.07) is 0. The third-order valence-corrected chi connectivity index (χ3v) is 4.69. The summed E-state index contributed by atoms with van der Waals surface area (Å²) in [4.78, 5) is 16.6. The first-order chi connectivity index (χ1) is 11.4. The second-order valence-electron chi connectivity index (χ2n) is 5.39. The van der Waals surface area contributed by atoms with E-state index in [0.29, 0.717) is 5.16 Å². The van der Waals surface area contributed by atoms with Crippen LogP contribution in [0, 0.1) is 0 Å². The average Bonchev–Trinajstić information content (AvgIpc) is 3.00. The van der Waals surface area contributed by atoms with Crippen molar-refractivity contribution in [2.24, 2.45) is 7.05 Å². The number of ether oxygens (including phenoxy) is 1. The van der Waals surface area contributed by atoms with E-state index in [1.807, 2.05) is 0 Å². The lowest BCUT2D eigenvalue weighted by molar-refractivity contribution is -0.253. The highest BCUT2D eigenvalue weighted by atomic mass is 32.2. The maximum absolute atomic E-state index is 12.3. The van der Waals surface area contributed by atoms with Gasteiger partial charge in [-0.1, -0.05) is 17.0 Å². The molecule has 1 fully saturated rings. The minimum Gasteiger partial charge on any atom is -0.394 e.